The van der Waals surface area contributed by atoms with Crippen molar-refractivity contribution in [3.8, 4) is 0 Å². The fourth-order valence-electron chi connectivity index (χ4n) is 2.75. The fraction of sp³-hybridized carbons (Fsp3) is 0.882. The molecule has 0 spiro atoms. The molecule has 134 valence electrons. The molecule has 1 heterocycles. The van der Waals surface area contributed by atoms with Crippen LogP contribution in [0.2, 0.25) is 0 Å². The van der Waals surface area contributed by atoms with Crippen molar-refractivity contribution in [3.05, 3.63) is 0 Å². The van der Waals surface area contributed by atoms with Crippen LogP contribution in [0, 0.1) is 5.41 Å². The molecular weight excluding hydrogens is 296 g/mol. The van der Waals surface area contributed by atoms with Crippen molar-refractivity contribution in [2.75, 3.05) is 19.7 Å². The molecule has 1 saturated heterocycles. The van der Waals surface area contributed by atoms with Gasteiger partial charge in [-0.1, -0.05) is 13.8 Å². The molecule has 0 aromatic carbocycles. The smallest absolute Gasteiger partial charge is 0.407 e. The summed E-state index contributed by atoms with van der Waals surface area (Å²) in [7, 11) is 0. The molecular formula is C17H32N2O4. The van der Waals surface area contributed by atoms with E-state index in [-0.39, 0.29) is 24.0 Å². The van der Waals surface area contributed by atoms with Gasteiger partial charge in [0.15, 0.2) is 0 Å². The second-order valence-corrected chi connectivity index (χ2v) is 8.09. The van der Waals surface area contributed by atoms with Gasteiger partial charge in [0.25, 0.3) is 0 Å². The molecule has 1 rings (SSSR count). The van der Waals surface area contributed by atoms with Crippen molar-refractivity contribution in [2.24, 2.45) is 5.41 Å². The molecule has 0 aliphatic carbocycles. The SMILES string of the molecule is CC1(C)CCC(CO)N(C(=O)CCCNC(=O)OC(C)(C)C)C1. The first-order chi connectivity index (χ1) is 10.5. The molecule has 0 radical (unpaired) electrons. The Morgan fingerprint density at radius 1 is 1.35 bits per heavy atom. The number of ether oxygens (including phenoxy) is 1. The zero-order valence-corrected chi connectivity index (χ0v) is 15.1. The first-order valence-corrected chi connectivity index (χ1v) is 8.41. The monoisotopic (exact) mass is 328 g/mol. The fourth-order valence-corrected chi connectivity index (χ4v) is 2.75. The highest BCUT2D eigenvalue weighted by Gasteiger charge is 2.34. The molecule has 6 nitrogen and oxygen atoms in total. The summed E-state index contributed by atoms with van der Waals surface area (Å²) in [6.45, 7) is 10.8. The Morgan fingerprint density at radius 3 is 2.57 bits per heavy atom. The molecule has 1 atom stereocenters. The number of hydrogen-bond acceptors (Lipinski definition) is 4. The van der Waals surface area contributed by atoms with E-state index in [1.54, 1.807) is 4.90 Å². The highest BCUT2D eigenvalue weighted by molar-refractivity contribution is 5.76. The maximum Gasteiger partial charge on any atom is 0.407 e. The Bertz CT molecular complexity index is 415. The first kappa shape index (κ1) is 19.7. The van der Waals surface area contributed by atoms with Crippen LogP contribution in [0.15, 0.2) is 0 Å². The standard InChI is InChI=1S/C17H32N2O4/c1-16(2,3)23-15(22)18-10-6-7-14(21)19-12-17(4,5)9-8-13(19)11-20/h13,20H,6-12H2,1-5H3,(H,18,22). The average molecular weight is 328 g/mol. The number of piperidine rings is 1. The summed E-state index contributed by atoms with van der Waals surface area (Å²) in [5.74, 6) is 0.0443. The number of rotatable bonds is 5. The van der Waals surface area contributed by atoms with Crippen molar-refractivity contribution in [1.29, 1.82) is 0 Å². The van der Waals surface area contributed by atoms with Crippen molar-refractivity contribution in [3.63, 3.8) is 0 Å². The van der Waals surface area contributed by atoms with Gasteiger partial charge in [-0.25, -0.2) is 4.79 Å². The minimum atomic E-state index is -0.520. The summed E-state index contributed by atoms with van der Waals surface area (Å²) >= 11 is 0. The summed E-state index contributed by atoms with van der Waals surface area (Å²) in [4.78, 5) is 25.7. The number of aliphatic hydroxyl groups excluding tert-OH is 1. The lowest BCUT2D eigenvalue weighted by Gasteiger charge is -2.43. The third-order valence-corrected chi connectivity index (χ3v) is 3.96. The number of nitrogens with zero attached hydrogens (tertiary/aromatic N) is 1. The molecule has 2 N–H and O–H groups in total. The number of amides is 2. The van der Waals surface area contributed by atoms with Gasteiger partial charge in [0.2, 0.25) is 5.91 Å². The van der Waals surface area contributed by atoms with Crippen molar-refractivity contribution < 1.29 is 19.4 Å². The Balaban J connectivity index is 2.36. The van der Waals surface area contributed by atoms with Crippen LogP contribution < -0.4 is 5.32 Å². The number of hydrogen-bond donors (Lipinski definition) is 2. The molecule has 1 aliphatic heterocycles. The van der Waals surface area contributed by atoms with Gasteiger partial charge in [-0.05, 0) is 45.4 Å². The topological polar surface area (TPSA) is 78.9 Å². The van der Waals surface area contributed by atoms with E-state index in [0.717, 1.165) is 12.8 Å². The lowest BCUT2D eigenvalue weighted by molar-refractivity contribution is -0.139. The molecule has 1 unspecified atom stereocenters. The van der Waals surface area contributed by atoms with E-state index in [1.165, 1.54) is 0 Å². The molecule has 6 heteroatoms. The van der Waals surface area contributed by atoms with Gasteiger partial charge in [-0.15, -0.1) is 0 Å². The second-order valence-electron chi connectivity index (χ2n) is 8.09. The van der Waals surface area contributed by atoms with Gasteiger partial charge in [-0.2, -0.15) is 0 Å². The second kappa shape index (κ2) is 7.99. The number of alkyl carbamates (subject to hydrolysis) is 1. The molecule has 2 amide bonds. The van der Waals surface area contributed by atoms with Crippen LogP contribution >= 0.6 is 0 Å². The van der Waals surface area contributed by atoms with E-state index in [0.29, 0.717) is 25.9 Å². The maximum atomic E-state index is 12.4. The minimum absolute atomic E-state index is 0.0119. The van der Waals surface area contributed by atoms with Gasteiger partial charge < -0.3 is 20.1 Å². The van der Waals surface area contributed by atoms with E-state index >= 15 is 0 Å². The largest absolute Gasteiger partial charge is 0.444 e. The molecule has 0 bridgehead atoms. The molecule has 23 heavy (non-hydrogen) atoms. The van der Waals surface area contributed by atoms with E-state index in [1.807, 2.05) is 20.8 Å². The van der Waals surface area contributed by atoms with Gasteiger partial charge >= 0.3 is 6.09 Å². The van der Waals surface area contributed by atoms with Crippen LogP contribution in [0.25, 0.3) is 0 Å². The van der Waals surface area contributed by atoms with E-state index < -0.39 is 11.7 Å². The third-order valence-electron chi connectivity index (χ3n) is 3.96. The Morgan fingerprint density at radius 2 is 2.00 bits per heavy atom. The van der Waals surface area contributed by atoms with Gasteiger partial charge in [0.1, 0.15) is 5.60 Å². The quantitative estimate of drug-likeness (QED) is 0.759. The lowest BCUT2D eigenvalue weighted by Crippen LogP contribution is -2.51. The van der Waals surface area contributed by atoms with E-state index in [4.69, 9.17) is 4.74 Å². The first-order valence-electron chi connectivity index (χ1n) is 8.41. The van der Waals surface area contributed by atoms with Crippen molar-refractivity contribution >= 4 is 12.0 Å². The predicted molar refractivity (Wildman–Crippen MR) is 89.1 cm³/mol. The average Bonchev–Trinajstić information content (AvgIpc) is 2.40. The number of carbonyl (C=O) groups excluding carboxylic acids is 2. The third kappa shape index (κ3) is 7.20. The zero-order chi connectivity index (χ0) is 17.7. The number of aliphatic hydroxyl groups is 1. The summed E-state index contributed by atoms with van der Waals surface area (Å²) in [6.07, 6.45) is 2.32. The Labute approximate surface area is 139 Å². The Kier molecular flexibility index (Phi) is 6.86. The number of likely N-dealkylation sites (tertiary alicyclic amines) is 1. The van der Waals surface area contributed by atoms with Crippen LogP contribution in [0.5, 0.6) is 0 Å². The van der Waals surface area contributed by atoms with Crippen LogP contribution in [-0.4, -0.2) is 53.3 Å². The van der Waals surface area contributed by atoms with Gasteiger partial charge in [-0.3, -0.25) is 4.79 Å². The zero-order valence-electron chi connectivity index (χ0n) is 15.1. The van der Waals surface area contributed by atoms with Crippen LogP contribution in [-0.2, 0) is 9.53 Å². The Hall–Kier alpha value is -1.30. The maximum absolute atomic E-state index is 12.4. The summed E-state index contributed by atoms with van der Waals surface area (Å²) < 4.78 is 5.14. The summed E-state index contributed by atoms with van der Waals surface area (Å²) in [6, 6.07) is -0.0747. The molecule has 0 aromatic heterocycles. The van der Waals surface area contributed by atoms with Crippen LogP contribution in [0.1, 0.15) is 60.3 Å². The number of carbonyl (C=O) groups is 2. The normalized spacial score (nSPS) is 21.0. The van der Waals surface area contributed by atoms with Crippen LogP contribution in [0.3, 0.4) is 0 Å². The molecule has 1 fully saturated rings. The minimum Gasteiger partial charge on any atom is -0.444 e. The van der Waals surface area contributed by atoms with Gasteiger partial charge in [0.05, 0.1) is 12.6 Å². The summed E-state index contributed by atoms with van der Waals surface area (Å²) in [5, 5.41) is 12.1. The van der Waals surface area contributed by atoms with Gasteiger partial charge in [0, 0.05) is 19.5 Å². The molecule has 1 aliphatic rings. The van der Waals surface area contributed by atoms with E-state index in [9.17, 15) is 14.7 Å². The predicted octanol–water partition coefficient (Wildman–Crippen LogP) is 2.30. The van der Waals surface area contributed by atoms with E-state index in [2.05, 4.69) is 19.2 Å². The van der Waals surface area contributed by atoms with Crippen LogP contribution in [0.4, 0.5) is 4.79 Å². The van der Waals surface area contributed by atoms with Crippen molar-refractivity contribution in [1.82, 2.24) is 10.2 Å². The van der Waals surface area contributed by atoms with Crippen molar-refractivity contribution in [2.45, 2.75) is 71.9 Å². The highest BCUT2D eigenvalue weighted by atomic mass is 16.6. The molecule has 0 aromatic rings. The number of nitrogens with one attached hydrogen (secondary N) is 1. The highest BCUT2D eigenvalue weighted by Crippen LogP contribution is 2.32. The molecule has 0 saturated carbocycles. The lowest BCUT2D eigenvalue weighted by atomic mass is 9.81. The summed E-state index contributed by atoms with van der Waals surface area (Å²) in [5.41, 5.74) is -0.427.